The van der Waals surface area contributed by atoms with Crippen LogP contribution < -0.4 is 10.5 Å². The van der Waals surface area contributed by atoms with Crippen LogP contribution in [0, 0.1) is 5.82 Å². The molecule has 0 fully saturated rings. The lowest BCUT2D eigenvalue weighted by molar-refractivity contribution is 0.301. The Kier molecular flexibility index (Phi) is 8.23. The summed E-state index contributed by atoms with van der Waals surface area (Å²) in [6.07, 6.45) is 8.09. The number of unbranched alkanes of at least 4 members (excludes halogenated alkanes) is 5. The highest BCUT2D eigenvalue weighted by atomic mass is 19.1. The molecule has 0 bridgehead atoms. The van der Waals surface area contributed by atoms with E-state index in [0.29, 0.717) is 19.6 Å². The van der Waals surface area contributed by atoms with Gasteiger partial charge in [-0.15, -0.1) is 0 Å². The Labute approximate surface area is 116 Å². The molecule has 0 aromatic heterocycles. The predicted molar refractivity (Wildman–Crippen MR) is 78.0 cm³/mol. The molecule has 0 saturated carbocycles. The molecule has 0 heterocycles. The zero-order valence-corrected chi connectivity index (χ0v) is 12.0. The first kappa shape index (κ1) is 16.0. The minimum Gasteiger partial charge on any atom is -0.493 e. The Morgan fingerprint density at radius 2 is 1.84 bits per heavy atom. The van der Waals surface area contributed by atoms with E-state index in [-0.39, 0.29) is 5.82 Å². The maximum absolute atomic E-state index is 13.1. The number of hydrogen-bond acceptors (Lipinski definition) is 2. The van der Waals surface area contributed by atoms with Crippen LogP contribution in [0.4, 0.5) is 4.39 Å². The molecule has 3 heteroatoms. The maximum Gasteiger partial charge on any atom is 0.123 e. The Morgan fingerprint density at radius 1 is 1.11 bits per heavy atom. The van der Waals surface area contributed by atoms with Crippen LogP contribution in [-0.4, -0.2) is 13.2 Å². The second-order valence-electron chi connectivity index (χ2n) is 4.91. The number of benzene rings is 1. The number of ether oxygens (including phenoxy) is 1. The van der Waals surface area contributed by atoms with E-state index in [2.05, 4.69) is 6.92 Å². The molecule has 0 radical (unpaired) electrons. The Morgan fingerprint density at radius 3 is 2.58 bits per heavy atom. The van der Waals surface area contributed by atoms with Crippen molar-refractivity contribution >= 4 is 0 Å². The normalized spacial score (nSPS) is 10.7. The summed E-state index contributed by atoms with van der Waals surface area (Å²) in [5, 5.41) is 0. The Bertz CT molecular complexity index is 355. The monoisotopic (exact) mass is 267 g/mol. The Hall–Kier alpha value is -1.09. The second kappa shape index (κ2) is 9.79. The van der Waals surface area contributed by atoms with E-state index in [1.165, 1.54) is 44.2 Å². The molecule has 19 heavy (non-hydrogen) atoms. The standard InChI is InChI=1S/C16H26FNO/c1-2-3-4-5-6-7-12-19-16-9-8-15(17)13-14(16)10-11-18/h8-9,13H,2-7,10-12,18H2,1H3. The van der Waals surface area contributed by atoms with Crippen LogP contribution >= 0.6 is 0 Å². The topological polar surface area (TPSA) is 35.2 Å². The van der Waals surface area contributed by atoms with Crippen molar-refractivity contribution in [1.82, 2.24) is 0 Å². The third-order valence-corrected chi connectivity index (χ3v) is 3.19. The highest BCUT2D eigenvalue weighted by Gasteiger charge is 2.04. The molecule has 1 aromatic rings. The van der Waals surface area contributed by atoms with Crippen LogP contribution in [0.25, 0.3) is 0 Å². The summed E-state index contributed by atoms with van der Waals surface area (Å²) in [6, 6.07) is 4.66. The van der Waals surface area contributed by atoms with Crippen LogP contribution in [0.5, 0.6) is 5.75 Å². The van der Waals surface area contributed by atoms with E-state index < -0.39 is 0 Å². The molecular formula is C16H26FNO. The van der Waals surface area contributed by atoms with Gasteiger partial charge in [-0.2, -0.15) is 0 Å². The minimum atomic E-state index is -0.227. The van der Waals surface area contributed by atoms with Gasteiger partial charge in [-0.3, -0.25) is 0 Å². The molecule has 0 aliphatic rings. The average Bonchev–Trinajstić information content (AvgIpc) is 2.40. The van der Waals surface area contributed by atoms with Gasteiger partial charge in [-0.05, 0) is 43.1 Å². The second-order valence-corrected chi connectivity index (χ2v) is 4.91. The lowest BCUT2D eigenvalue weighted by Crippen LogP contribution is -2.06. The third-order valence-electron chi connectivity index (χ3n) is 3.19. The fourth-order valence-electron chi connectivity index (χ4n) is 2.10. The van der Waals surface area contributed by atoms with Crippen molar-refractivity contribution in [3.63, 3.8) is 0 Å². The molecule has 1 rings (SSSR count). The largest absolute Gasteiger partial charge is 0.493 e. The summed E-state index contributed by atoms with van der Waals surface area (Å²) in [5.74, 6) is 0.552. The van der Waals surface area contributed by atoms with Crippen molar-refractivity contribution in [2.24, 2.45) is 5.73 Å². The fourth-order valence-corrected chi connectivity index (χ4v) is 2.10. The molecular weight excluding hydrogens is 241 g/mol. The molecule has 0 unspecified atom stereocenters. The molecule has 0 spiro atoms. The van der Waals surface area contributed by atoms with E-state index in [0.717, 1.165) is 17.7 Å². The van der Waals surface area contributed by atoms with Crippen molar-refractivity contribution in [3.05, 3.63) is 29.6 Å². The van der Waals surface area contributed by atoms with Gasteiger partial charge in [0.2, 0.25) is 0 Å². The van der Waals surface area contributed by atoms with Crippen molar-refractivity contribution in [2.45, 2.75) is 51.9 Å². The van der Waals surface area contributed by atoms with Gasteiger partial charge in [0.15, 0.2) is 0 Å². The van der Waals surface area contributed by atoms with Crippen LogP contribution in [0.2, 0.25) is 0 Å². The fraction of sp³-hybridized carbons (Fsp3) is 0.625. The van der Waals surface area contributed by atoms with Gasteiger partial charge >= 0.3 is 0 Å². The predicted octanol–water partition coefficient (Wildman–Crippen LogP) is 4.07. The van der Waals surface area contributed by atoms with Crippen molar-refractivity contribution in [1.29, 1.82) is 0 Å². The zero-order chi connectivity index (χ0) is 13.9. The van der Waals surface area contributed by atoms with Gasteiger partial charge < -0.3 is 10.5 Å². The highest BCUT2D eigenvalue weighted by molar-refractivity contribution is 5.34. The van der Waals surface area contributed by atoms with E-state index >= 15 is 0 Å². The molecule has 0 saturated heterocycles. The van der Waals surface area contributed by atoms with Crippen LogP contribution in [-0.2, 0) is 6.42 Å². The van der Waals surface area contributed by atoms with E-state index in [1.807, 2.05) is 0 Å². The summed E-state index contributed by atoms with van der Waals surface area (Å²) in [6.45, 7) is 3.43. The summed E-state index contributed by atoms with van der Waals surface area (Å²) < 4.78 is 18.9. The highest BCUT2D eigenvalue weighted by Crippen LogP contribution is 2.20. The van der Waals surface area contributed by atoms with Gasteiger partial charge in [-0.1, -0.05) is 39.0 Å². The first-order chi connectivity index (χ1) is 9.27. The maximum atomic E-state index is 13.1. The van der Waals surface area contributed by atoms with E-state index in [1.54, 1.807) is 6.07 Å². The first-order valence-electron chi connectivity index (χ1n) is 7.39. The number of halogens is 1. The summed E-state index contributed by atoms with van der Waals surface area (Å²) >= 11 is 0. The Balaban J connectivity index is 2.28. The van der Waals surface area contributed by atoms with Crippen LogP contribution in [0.1, 0.15) is 51.0 Å². The van der Waals surface area contributed by atoms with Crippen LogP contribution in [0.15, 0.2) is 18.2 Å². The third kappa shape index (κ3) is 6.58. The summed E-state index contributed by atoms with van der Waals surface area (Å²) in [5.41, 5.74) is 6.39. The molecule has 2 N–H and O–H groups in total. The lowest BCUT2D eigenvalue weighted by Gasteiger charge is -2.11. The van der Waals surface area contributed by atoms with Gasteiger partial charge in [0.25, 0.3) is 0 Å². The first-order valence-corrected chi connectivity index (χ1v) is 7.39. The van der Waals surface area contributed by atoms with E-state index in [4.69, 9.17) is 10.5 Å². The van der Waals surface area contributed by atoms with Gasteiger partial charge in [-0.25, -0.2) is 4.39 Å². The summed E-state index contributed by atoms with van der Waals surface area (Å²) in [7, 11) is 0. The lowest BCUT2D eigenvalue weighted by atomic mass is 10.1. The van der Waals surface area contributed by atoms with Crippen molar-refractivity contribution in [3.8, 4) is 5.75 Å². The number of nitrogens with two attached hydrogens (primary N) is 1. The minimum absolute atomic E-state index is 0.227. The van der Waals surface area contributed by atoms with Crippen LogP contribution in [0.3, 0.4) is 0 Å². The van der Waals surface area contributed by atoms with Crippen molar-refractivity contribution < 1.29 is 9.13 Å². The average molecular weight is 267 g/mol. The van der Waals surface area contributed by atoms with Crippen molar-refractivity contribution in [2.75, 3.05) is 13.2 Å². The number of rotatable bonds is 10. The number of hydrogen-bond donors (Lipinski definition) is 1. The molecule has 0 aliphatic heterocycles. The molecule has 2 nitrogen and oxygen atoms in total. The van der Waals surface area contributed by atoms with E-state index in [9.17, 15) is 4.39 Å². The SMILES string of the molecule is CCCCCCCCOc1ccc(F)cc1CCN. The smallest absolute Gasteiger partial charge is 0.123 e. The molecule has 0 atom stereocenters. The van der Waals surface area contributed by atoms with Gasteiger partial charge in [0, 0.05) is 0 Å². The molecule has 0 amide bonds. The zero-order valence-electron chi connectivity index (χ0n) is 12.0. The quantitative estimate of drug-likeness (QED) is 0.649. The molecule has 108 valence electrons. The molecule has 1 aromatic carbocycles. The molecule has 0 aliphatic carbocycles. The van der Waals surface area contributed by atoms with Gasteiger partial charge in [0.05, 0.1) is 6.61 Å². The summed E-state index contributed by atoms with van der Waals surface area (Å²) in [4.78, 5) is 0. The van der Waals surface area contributed by atoms with Gasteiger partial charge in [0.1, 0.15) is 11.6 Å².